The quantitative estimate of drug-likeness (QED) is 0.0718. The number of nitrogens with two attached hydrogens (primary N) is 1. The van der Waals surface area contributed by atoms with Gasteiger partial charge in [-0.3, -0.25) is 57.6 Å². The first-order chi connectivity index (χ1) is 39.3. The Morgan fingerprint density at radius 2 is 1.61 bits per heavy atom. The lowest BCUT2D eigenvalue weighted by atomic mass is 9.90. The lowest BCUT2D eigenvalue weighted by Gasteiger charge is -2.37. The fourth-order valence-electron chi connectivity index (χ4n) is 12.0. The molecule has 3 fully saturated rings. The standard InChI is InChI=1S/C57H61F2N11O12/c1-66-44-26-30(7-13-41(44)70(56(66)80)43-15-17-46(72)65-52(43)76)5-3-4-29-18-21-67(22-19-29)54(78)39(25-31-6-10-35(58)36(59)24-31)63-50(74)38(12-16-45(60)71)62-51(75)42-14-9-33-20-23-68(57(81)82-2)28-40(55(79)69(33)42)64-53(77)48-47-34-27-32(49(47)73)8-11-37(34)61-48/h6-11,13,24,26-27,29,38-40,42-43,61H,3-5,12,14-23,25,28H2,1-2H3,(H2,60,71)(H,62,75)(H,63,74)(H,64,77)(H,65,72,76)/t38-,39-,40-,42-,43?/m0/s1. The lowest BCUT2D eigenvalue weighted by Crippen LogP contribution is -2.61. The number of rotatable bonds is 17. The molecule has 5 atom stereocenters. The van der Waals surface area contributed by atoms with E-state index < -0.39 is 95.7 Å². The van der Waals surface area contributed by atoms with Crippen LogP contribution in [0.5, 0.6) is 0 Å². The minimum Gasteiger partial charge on any atom is -0.453 e. The van der Waals surface area contributed by atoms with Gasteiger partial charge in [0.25, 0.3) is 11.8 Å². The van der Waals surface area contributed by atoms with Crippen molar-refractivity contribution in [2.45, 2.75) is 107 Å². The number of aromatic amines is 1. The number of H-pyrrole nitrogens is 1. The van der Waals surface area contributed by atoms with Crippen LogP contribution in [0.1, 0.15) is 108 Å². The number of fused-ring (bicyclic) bond motifs is 3. The maximum absolute atomic E-state index is 14.7. The summed E-state index contributed by atoms with van der Waals surface area (Å²) < 4.78 is 36.6. The first-order valence-electron chi connectivity index (χ1n) is 27.3. The first-order valence-corrected chi connectivity index (χ1v) is 27.3. The normalized spacial score (nSPS) is 19.8. The van der Waals surface area contributed by atoms with Gasteiger partial charge in [-0.25, -0.2) is 18.4 Å². The van der Waals surface area contributed by atoms with Crippen LogP contribution in [0.3, 0.4) is 0 Å². The van der Waals surface area contributed by atoms with Crippen LogP contribution in [0.25, 0.3) is 21.9 Å². The summed E-state index contributed by atoms with van der Waals surface area (Å²) in [5, 5.41) is 10.9. The van der Waals surface area contributed by atoms with Crippen LogP contribution < -0.4 is 32.7 Å². The molecule has 1 unspecified atom stereocenters. The fourth-order valence-corrected chi connectivity index (χ4v) is 12.0. The maximum atomic E-state index is 14.7. The van der Waals surface area contributed by atoms with Gasteiger partial charge in [-0.15, -0.1) is 0 Å². The zero-order valence-electron chi connectivity index (χ0n) is 45.0. The summed E-state index contributed by atoms with van der Waals surface area (Å²) >= 11 is 0. The number of nitrogens with one attached hydrogen (secondary N) is 5. The van der Waals surface area contributed by atoms with Gasteiger partial charge in [0, 0.05) is 74.5 Å². The number of primary amides is 1. The van der Waals surface area contributed by atoms with Gasteiger partial charge < -0.3 is 46.1 Å². The molecule has 0 spiro atoms. The molecule has 5 aliphatic rings. The highest BCUT2D eigenvalue weighted by molar-refractivity contribution is 6.27. The number of imide groups is 1. The molecule has 6 heterocycles. The molecule has 0 radical (unpaired) electrons. The molecule has 10 rings (SSSR count). The van der Waals surface area contributed by atoms with Gasteiger partial charge in [-0.2, -0.15) is 0 Å². The molecule has 1 aliphatic carbocycles. The van der Waals surface area contributed by atoms with E-state index >= 15 is 0 Å². The molecular formula is C57H61F2N11O12. The van der Waals surface area contributed by atoms with Crippen LogP contribution in [0.15, 0.2) is 71.2 Å². The minimum absolute atomic E-state index is 0.00619. The van der Waals surface area contributed by atoms with E-state index in [-0.39, 0.29) is 91.7 Å². The number of nitrogens with zero attached hydrogens (tertiary/aromatic N) is 5. The largest absolute Gasteiger partial charge is 0.453 e. The minimum atomic E-state index is -1.52. The van der Waals surface area contributed by atoms with Gasteiger partial charge in [-0.05, 0) is 111 Å². The van der Waals surface area contributed by atoms with Crippen molar-refractivity contribution >= 4 is 81.1 Å². The third-order valence-corrected chi connectivity index (χ3v) is 16.4. The van der Waals surface area contributed by atoms with Gasteiger partial charge in [0.15, 0.2) is 17.4 Å². The van der Waals surface area contributed by atoms with Crippen molar-refractivity contribution in [2.75, 3.05) is 33.3 Å². The van der Waals surface area contributed by atoms with Crippen molar-refractivity contribution in [3.05, 3.63) is 116 Å². The Labute approximate surface area is 466 Å². The number of ether oxygens (including phenoxy) is 1. The number of carbonyl (C=O) groups is 10. The van der Waals surface area contributed by atoms with Crippen molar-refractivity contribution in [1.82, 2.24) is 50.1 Å². The van der Waals surface area contributed by atoms with E-state index in [2.05, 4.69) is 26.3 Å². The number of likely N-dealkylation sites (tertiary alicyclic amines) is 1. The van der Waals surface area contributed by atoms with Crippen molar-refractivity contribution in [2.24, 2.45) is 18.7 Å². The zero-order valence-corrected chi connectivity index (χ0v) is 45.0. The number of benzene rings is 3. The highest BCUT2D eigenvalue weighted by Gasteiger charge is 2.44. The molecule has 3 aromatic carbocycles. The summed E-state index contributed by atoms with van der Waals surface area (Å²) in [4.78, 5) is 155. The Balaban J connectivity index is 0.805. The predicted molar refractivity (Wildman–Crippen MR) is 288 cm³/mol. The number of aryl methyl sites for hydroxylation is 2. The number of carbonyl (C=O) groups excluding carboxylic acids is 10. The molecule has 82 heavy (non-hydrogen) atoms. The van der Waals surface area contributed by atoms with Gasteiger partial charge in [0.2, 0.25) is 35.4 Å². The van der Waals surface area contributed by atoms with Crippen LogP contribution in [-0.4, -0.2) is 145 Å². The van der Waals surface area contributed by atoms with Crippen molar-refractivity contribution < 1.29 is 61.5 Å². The number of aromatic nitrogens is 3. The molecule has 23 nitrogen and oxygen atoms in total. The van der Waals surface area contributed by atoms with Crippen molar-refractivity contribution in [1.29, 1.82) is 0 Å². The van der Waals surface area contributed by atoms with Gasteiger partial charge in [0.05, 0.1) is 30.3 Å². The summed E-state index contributed by atoms with van der Waals surface area (Å²) in [6, 6.07) is 7.20. The molecule has 5 aromatic rings. The van der Waals surface area contributed by atoms with Gasteiger partial charge in [-0.1, -0.05) is 18.2 Å². The molecule has 2 aromatic heterocycles. The molecular weight excluding hydrogens is 1070 g/mol. The van der Waals surface area contributed by atoms with Crippen molar-refractivity contribution in [3.8, 4) is 0 Å². The lowest BCUT2D eigenvalue weighted by molar-refractivity contribution is -0.141. The number of piperidine rings is 2. The zero-order chi connectivity index (χ0) is 58.3. The topological polar surface area (TPSA) is 307 Å². The molecule has 430 valence electrons. The van der Waals surface area contributed by atoms with E-state index in [4.69, 9.17) is 10.5 Å². The van der Waals surface area contributed by atoms with Crippen LogP contribution in [0.4, 0.5) is 13.6 Å². The van der Waals surface area contributed by atoms with E-state index in [0.717, 1.165) is 37.6 Å². The monoisotopic (exact) mass is 1130 g/mol. The smallest absolute Gasteiger partial charge is 0.409 e. The summed E-state index contributed by atoms with van der Waals surface area (Å²) in [6.07, 6.45) is 3.68. The molecule has 25 heteroatoms. The second-order valence-electron chi connectivity index (χ2n) is 21.6. The third-order valence-electron chi connectivity index (χ3n) is 16.4. The van der Waals surface area contributed by atoms with Crippen LogP contribution in [-0.2, 0) is 58.2 Å². The number of ketones is 1. The fraction of sp³-hybridized carbons (Fsp3) is 0.421. The summed E-state index contributed by atoms with van der Waals surface area (Å²) in [5.41, 5.74) is 8.84. The number of hydrogen-bond acceptors (Lipinski definition) is 12. The van der Waals surface area contributed by atoms with E-state index in [1.807, 2.05) is 18.2 Å². The number of amides is 9. The van der Waals surface area contributed by atoms with Crippen LogP contribution in [0.2, 0.25) is 0 Å². The predicted octanol–water partition coefficient (Wildman–Crippen LogP) is 2.42. The average Bonchev–Trinajstić information content (AvgIpc) is 4.22. The van der Waals surface area contributed by atoms with E-state index in [0.29, 0.717) is 65.5 Å². The van der Waals surface area contributed by atoms with Crippen molar-refractivity contribution in [3.63, 3.8) is 0 Å². The molecule has 7 N–H and O–H groups in total. The number of hydrogen-bond donors (Lipinski definition) is 6. The average molecular weight is 1130 g/mol. The Morgan fingerprint density at radius 1 is 0.841 bits per heavy atom. The summed E-state index contributed by atoms with van der Waals surface area (Å²) in [5.74, 6) is -8.06. The molecule has 0 saturated carbocycles. The Hall–Kier alpha value is -9.03. The van der Waals surface area contributed by atoms with Crippen LogP contribution in [0, 0.1) is 17.6 Å². The maximum Gasteiger partial charge on any atom is 0.409 e. The Morgan fingerprint density at radius 3 is 2.34 bits per heavy atom. The molecule has 3 saturated heterocycles. The highest BCUT2D eigenvalue weighted by atomic mass is 19.2. The Bertz CT molecular complexity index is 3600. The second kappa shape index (κ2) is 23.2. The SMILES string of the molecule is COC(=O)N1CCC2=CC[C@@H](C(=O)N[C@@H](CCC(N)=O)C(=O)N[C@@H](Cc3ccc(F)c(F)c3)C(=O)N3CCC(CCCc4ccc5c(c4)n(C)c(=O)n5C4CCC(=O)NC4=O)CC3)N2C(=O)[C@@H](NC(=O)c2[nH]c3ccc4cc3c2C4=O)C1. The highest BCUT2D eigenvalue weighted by Crippen LogP contribution is 2.34. The summed E-state index contributed by atoms with van der Waals surface area (Å²) in [6.45, 7) is 0.233. The third kappa shape index (κ3) is 11.2. The number of methoxy groups -OCH3 is 1. The Kier molecular flexibility index (Phi) is 15.9. The molecule has 4 aliphatic heterocycles. The first kappa shape index (κ1) is 56.3. The summed E-state index contributed by atoms with van der Waals surface area (Å²) in [7, 11) is 2.80. The number of halogens is 2. The van der Waals surface area contributed by atoms with Gasteiger partial charge in [0.1, 0.15) is 35.9 Å². The molecule has 2 bridgehead atoms. The second-order valence-corrected chi connectivity index (χ2v) is 21.6. The van der Waals surface area contributed by atoms with E-state index in [1.165, 1.54) is 25.0 Å². The van der Waals surface area contributed by atoms with E-state index in [1.54, 1.807) is 36.2 Å². The number of imidazole rings is 1. The van der Waals surface area contributed by atoms with Crippen LogP contribution >= 0.6 is 0 Å². The van der Waals surface area contributed by atoms with Gasteiger partial charge >= 0.3 is 11.8 Å². The molecule has 9 amide bonds. The van der Waals surface area contributed by atoms with E-state index in [9.17, 15) is 61.5 Å².